The van der Waals surface area contributed by atoms with Crippen LogP contribution in [0.5, 0.6) is 0 Å². The van der Waals surface area contributed by atoms with Crippen LogP contribution in [0.3, 0.4) is 0 Å². The van der Waals surface area contributed by atoms with Crippen LogP contribution in [0.25, 0.3) is 0 Å². The maximum Gasteiger partial charge on any atom is 0.223 e. The molecule has 18 heavy (non-hydrogen) atoms. The number of amides is 1. The van der Waals surface area contributed by atoms with Crippen molar-refractivity contribution in [2.75, 3.05) is 13.2 Å². The number of carbonyl (C=O) groups is 1. The molecular weight excluding hydrogens is 230 g/mol. The number of carbonyl (C=O) groups excluding carboxylic acids is 1. The highest BCUT2D eigenvalue weighted by atomic mass is 16.5. The smallest absolute Gasteiger partial charge is 0.223 e. The Bertz CT molecular complexity index is 355. The van der Waals surface area contributed by atoms with Gasteiger partial charge >= 0.3 is 0 Å². The van der Waals surface area contributed by atoms with E-state index in [0.29, 0.717) is 19.5 Å². The number of hydrogen-bond donors (Lipinski definition) is 0. The Morgan fingerprint density at radius 1 is 1.56 bits per heavy atom. The van der Waals surface area contributed by atoms with E-state index in [4.69, 9.17) is 9.15 Å². The van der Waals surface area contributed by atoms with Gasteiger partial charge in [0, 0.05) is 19.6 Å². The summed E-state index contributed by atoms with van der Waals surface area (Å²) in [6.07, 6.45) is 5.45. The molecule has 4 heteroatoms. The van der Waals surface area contributed by atoms with Gasteiger partial charge in [-0.25, -0.2) is 0 Å². The molecule has 4 nitrogen and oxygen atoms in total. The third kappa shape index (κ3) is 3.60. The zero-order valence-corrected chi connectivity index (χ0v) is 10.9. The maximum atomic E-state index is 12.1. The molecule has 2 heterocycles. The van der Waals surface area contributed by atoms with Crippen LogP contribution in [0, 0.1) is 0 Å². The van der Waals surface area contributed by atoms with Gasteiger partial charge in [0.1, 0.15) is 5.76 Å². The monoisotopic (exact) mass is 251 g/mol. The molecule has 1 aliphatic heterocycles. The van der Waals surface area contributed by atoms with E-state index in [2.05, 4.69) is 0 Å². The number of nitrogens with zero attached hydrogens (tertiary/aromatic N) is 1. The summed E-state index contributed by atoms with van der Waals surface area (Å²) < 4.78 is 10.9. The lowest BCUT2D eigenvalue weighted by Crippen LogP contribution is -2.36. The summed E-state index contributed by atoms with van der Waals surface area (Å²) >= 11 is 0. The normalized spacial score (nSPS) is 19.1. The molecule has 0 saturated carbocycles. The predicted octanol–water partition coefficient (Wildman–Crippen LogP) is 2.59. The molecule has 1 aromatic heterocycles. The number of furan rings is 1. The first kappa shape index (κ1) is 13.1. The second-order valence-corrected chi connectivity index (χ2v) is 4.74. The molecule has 2 rings (SSSR count). The zero-order chi connectivity index (χ0) is 12.8. The van der Waals surface area contributed by atoms with Crippen molar-refractivity contribution in [3.8, 4) is 0 Å². The van der Waals surface area contributed by atoms with E-state index in [1.165, 1.54) is 0 Å². The van der Waals surface area contributed by atoms with E-state index in [-0.39, 0.29) is 12.0 Å². The molecule has 1 atom stereocenters. The molecule has 1 aliphatic rings. The minimum Gasteiger partial charge on any atom is -0.467 e. The summed E-state index contributed by atoms with van der Waals surface area (Å²) in [6, 6.07) is 3.76. The average molecular weight is 251 g/mol. The lowest BCUT2D eigenvalue weighted by molar-refractivity contribution is -0.133. The van der Waals surface area contributed by atoms with Gasteiger partial charge in [0.05, 0.1) is 18.9 Å². The third-order valence-corrected chi connectivity index (χ3v) is 3.19. The fourth-order valence-electron chi connectivity index (χ4n) is 2.25. The fraction of sp³-hybridized carbons (Fsp3) is 0.643. The van der Waals surface area contributed by atoms with Gasteiger partial charge in [0.2, 0.25) is 5.91 Å². The summed E-state index contributed by atoms with van der Waals surface area (Å²) in [6.45, 7) is 4.07. The minimum atomic E-state index is 0.185. The van der Waals surface area contributed by atoms with Crippen molar-refractivity contribution in [1.29, 1.82) is 0 Å². The van der Waals surface area contributed by atoms with Crippen molar-refractivity contribution in [2.24, 2.45) is 0 Å². The SMILES string of the molecule is CCCC(=O)N(Cc1ccco1)CC1CCCO1. The maximum absolute atomic E-state index is 12.1. The van der Waals surface area contributed by atoms with Gasteiger partial charge in [0.25, 0.3) is 0 Å². The van der Waals surface area contributed by atoms with E-state index in [1.807, 2.05) is 24.0 Å². The van der Waals surface area contributed by atoms with Crippen LogP contribution in [-0.2, 0) is 16.1 Å². The summed E-state index contributed by atoms with van der Waals surface area (Å²) in [4.78, 5) is 13.9. The molecule has 0 aromatic carbocycles. The minimum absolute atomic E-state index is 0.185. The van der Waals surface area contributed by atoms with Crippen LogP contribution in [0.1, 0.15) is 38.4 Å². The van der Waals surface area contributed by atoms with E-state index < -0.39 is 0 Å². The van der Waals surface area contributed by atoms with Gasteiger partial charge in [-0.3, -0.25) is 4.79 Å². The molecule has 1 saturated heterocycles. The van der Waals surface area contributed by atoms with Gasteiger partial charge < -0.3 is 14.1 Å². The Morgan fingerprint density at radius 3 is 3.06 bits per heavy atom. The summed E-state index contributed by atoms with van der Waals surface area (Å²) in [7, 11) is 0. The van der Waals surface area contributed by atoms with Gasteiger partial charge in [-0.1, -0.05) is 6.92 Å². The van der Waals surface area contributed by atoms with Crippen molar-refractivity contribution < 1.29 is 13.9 Å². The molecule has 0 N–H and O–H groups in total. The Labute approximate surface area is 108 Å². The van der Waals surface area contributed by atoms with Gasteiger partial charge in [-0.05, 0) is 31.4 Å². The second kappa shape index (κ2) is 6.59. The van der Waals surface area contributed by atoms with Crippen LogP contribution in [0.15, 0.2) is 22.8 Å². The molecule has 1 fully saturated rings. The third-order valence-electron chi connectivity index (χ3n) is 3.19. The largest absolute Gasteiger partial charge is 0.467 e. The van der Waals surface area contributed by atoms with Crippen molar-refractivity contribution in [2.45, 2.75) is 45.3 Å². The molecule has 1 aromatic rings. The Hall–Kier alpha value is -1.29. The van der Waals surface area contributed by atoms with Crippen LogP contribution in [-0.4, -0.2) is 30.1 Å². The highest BCUT2D eigenvalue weighted by molar-refractivity contribution is 5.76. The Balaban J connectivity index is 1.94. The summed E-state index contributed by atoms with van der Waals surface area (Å²) in [5.41, 5.74) is 0. The average Bonchev–Trinajstić information content (AvgIpc) is 3.01. The standard InChI is InChI=1S/C14H21NO3/c1-2-5-14(16)15(10-12-6-3-8-17-12)11-13-7-4-9-18-13/h3,6,8,13H,2,4-5,7,9-11H2,1H3. The van der Waals surface area contributed by atoms with E-state index in [9.17, 15) is 4.79 Å². The first-order valence-electron chi connectivity index (χ1n) is 6.71. The first-order chi connectivity index (χ1) is 8.79. The highest BCUT2D eigenvalue weighted by Gasteiger charge is 2.22. The van der Waals surface area contributed by atoms with Crippen molar-refractivity contribution >= 4 is 5.91 Å². The highest BCUT2D eigenvalue weighted by Crippen LogP contribution is 2.16. The Morgan fingerprint density at radius 2 is 2.44 bits per heavy atom. The quantitative estimate of drug-likeness (QED) is 0.780. The van der Waals surface area contributed by atoms with Gasteiger partial charge in [-0.2, -0.15) is 0 Å². The molecular formula is C14H21NO3. The van der Waals surface area contributed by atoms with Crippen molar-refractivity contribution in [3.05, 3.63) is 24.2 Å². The summed E-state index contributed by atoms with van der Waals surface area (Å²) in [5, 5.41) is 0. The molecule has 100 valence electrons. The predicted molar refractivity (Wildman–Crippen MR) is 68.0 cm³/mol. The van der Waals surface area contributed by atoms with Crippen LogP contribution >= 0.6 is 0 Å². The van der Waals surface area contributed by atoms with E-state index >= 15 is 0 Å². The summed E-state index contributed by atoms with van der Waals surface area (Å²) in [5.74, 6) is 1.02. The topological polar surface area (TPSA) is 42.7 Å². The Kier molecular flexibility index (Phi) is 4.81. The van der Waals surface area contributed by atoms with E-state index in [0.717, 1.165) is 31.6 Å². The molecule has 0 spiro atoms. The van der Waals surface area contributed by atoms with Crippen LogP contribution in [0.4, 0.5) is 0 Å². The van der Waals surface area contributed by atoms with Gasteiger partial charge in [0.15, 0.2) is 0 Å². The number of rotatable bonds is 6. The second-order valence-electron chi connectivity index (χ2n) is 4.74. The lowest BCUT2D eigenvalue weighted by atomic mass is 10.2. The van der Waals surface area contributed by atoms with Crippen molar-refractivity contribution in [1.82, 2.24) is 4.90 Å². The molecule has 1 unspecified atom stereocenters. The number of hydrogen-bond acceptors (Lipinski definition) is 3. The zero-order valence-electron chi connectivity index (χ0n) is 10.9. The number of ether oxygens (including phenoxy) is 1. The fourth-order valence-corrected chi connectivity index (χ4v) is 2.25. The lowest BCUT2D eigenvalue weighted by Gasteiger charge is -2.24. The van der Waals surface area contributed by atoms with Crippen LogP contribution < -0.4 is 0 Å². The van der Waals surface area contributed by atoms with Crippen LogP contribution in [0.2, 0.25) is 0 Å². The van der Waals surface area contributed by atoms with Gasteiger partial charge in [-0.15, -0.1) is 0 Å². The molecule has 1 amide bonds. The molecule has 0 aliphatic carbocycles. The van der Waals surface area contributed by atoms with E-state index in [1.54, 1.807) is 6.26 Å². The molecule has 0 bridgehead atoms. The van der Waals surface area contributed by atoms with Crippen molar-refractivity contribution in [3.63, 3.8) is 0 Å². The molecule has 0 radical (unpaired) electrons. The first-order valence-corrected chi connectivity index (χ1v) is 6.71.